The van der Waals surface area contributed by atoms with Gasteiger partial charge >= 0.3 is 0 Å². The van der Waals surface area contributed by atoms with E-state index < -0.39 is 10.1 Å². The largest absolute Gasteiger partial charge is 0.330 e. The molecule has 0 amide bonds. The van der Waals surface area contributed by atoms with Crippen molar-refractivity contribution in [2.24, 2.45) is 5.73 Å². The highest BCUT2D eigenvalue weighted by molar-refractivity contribution is 7.86. The molecule has 0 bridgehead atoms. The maximum atomic E-state index is 11.3. The van der Waals surface area contributed by atoms with E-state index in [2.05, 4.69) is 18.2 Å². The SMILES string of the molecule is CCCCCCCCCCCCCCCCCCN.CCCCCCCCS(=O)(=O)OF. The van der Waals surface area contributed by atoms with Crippen molar-refractivity contribution in [3.05, 3.63) is 0 Å². The second kappa shape index (κ2) is 28.8. The van der Waals surface area contributed by atoms with Crippen molar-refractivity contribution in [2.45, 2.75) is 155 Å². The molecule has 196 valence electrons. The molecule has 0 aromatic carbocycles. The van der Waals surface area contributed by atoms with Crippen molar-refractivity contribution >= 4 is 10.1 Å². The molecule has 0 atom stereocenters. The summed E-state index contributed by atoms with van der Waals surface area (Å²) in [5, 5.41) is 0. The Bertz CT molecular complexity index is 417. The summed E-state index contributed by atoms with van der Waals surface area (Å²) in [6, 6.07) is 0. The van der Waals surface area contributed by atoms with E-state index >= 15 is 0 Å². The maximum Gasteiger partial charge on any atom is 0.297 e. The molecule has 0 aromatic rings. The van der Waals surface area contributed by atoms with Crippen molar-refractivity contribution in [3.63, 3.8) is 0 Å². The number of nitrogens with two attached hydrogens (primary N) is 1. The highest BCUT2D eigenvalue weighted by Gasteiger charge is 2.10. The second-order valence-electron chi connectivity index (χ2n) is 9.18. The van der Waals surface area contributed by atoms with Gasteiger partial charge in [-0.25, -0.2) is 0 Å². The van der Waals surface area contributed by atoms with Crippen LogP contribution in [0, 0.1) is 0 Å². The van der Waals surface area contributed by atoms with Crippen LogP contribution < -0.4 is 5.73 Å². The highest BCUT2D eigenvalue weighted by atomic mass is 32.2. The van der Waals surface area contributed by atoms with Crippen LogP contribution in [0.3, 0.4) is 0 Å². The molecular formula is C26H56FNO3S. The quantitative estimate of drug-likeness (QED) is 0.140. The third kappa shape index (κ3) is 32.0. The summed E-state index contributed by atoms with van der Waals surface area (Å²) in [5.41, 5.74) is 5.48. The van der Waals surface area contributed by atoms with Gasteiger partial charge in [-0.1, -0.05) is 147 Å². The Morgan fingerprint density at radius 2 is 0.812 bits per heavy atom. The smallest absolute Gasteiger partial charge is 0.297 e. The van der Waals surface area contributed by atoms with Gasteiger partial charge in [0.05, 0.1) is 5.75 Å². The molecule has 0 rings (SSSR count). The van der Waals surface area contributed by atoms with Crippen LogP contribution in [0.2, 0.25) is 0 Å². The summed E-state index contributed by atoms with van der Waals surface area (Å²) < 4.78 is 35.1. The maximum absolute atomic E-state index is 11.3. The molecule has 0 unspecified atom stereocenters. The summed E-state index contributed by atoms with van der Waals surface area (Å²) in [6.07, 6.45) is 28.6. The monoisotopic (exact) mass is 481 g/mol. The summed E-state index contributed by atoms with van der Waals surface area (Å²) >= 11 is 0. The van der Waals surface area contributed by atoms with E-state index in [4.69, 9.17) is 5.73 Å². The molecule has 0 aromatic heterocycles. The average Bonchev–Trinajstić information content (AvgIpc) is 2.79. The minimum atomic E-state index is -3.88. The normalized spacial score (nSPS) is 11.4. The molecule has 0 saturated carbocycles. The molecule has 0 aliphatic heterocycles. The van der Waals surface area contributed by atoms with E-state index in [0.717, 1.165) is 32.2 Å². The van der Waals surface area contributed by atoms with Gasteiger partial charge in [-0.3, -0.25) is 0 Å². The zero-order valence-electron chi connectivity index (χ0n) is 21.6. The second-order valence-corrected chi connectivity index (χ2v) is 10.8. The van der Waals surface area contributed by atoms with Crippen LogP contribution in [0.25, 0.3) is 0 Å². The first-order chi connectivity index (χ1) is 15.5. The van der Waals surface area contributed by atoms with Crippen molar-refractivity contribution in [3.8, 4) is 0 Å². The molecule has 6 heteroatoms. The Balaban J connectivity index is 0. The highest BCUT2D eigenvalue weighted by Crippen LogP contribution is 2.13. The molecule has 0 spiro atoms. The molecule has 32 heavy (non-hydrogen) atoms. The van der Waals surface area contributed by atoms with Gasteiger partial charge in [-0.05, 0) is 23.9 Å². The lowest BCUT2D eigenvalue weighted by molar-refractivity contribution is 0.00288. The topological polar surface area (TPSA) is 69.4 Å². The first kappa shape index (κ1) is 34.0. The predicted molar refractivity (Wildman–Crippen MR) is 138 cm³/mol. The van der Waals surface area contributed by atoms with E-state index in [9.17, 15) is 12.9 Å². The minimum Gasteiger partial charge on any atom is -0.330 e. The molecule has 0 fully saturated rings. The first-order valence-electron chi connectivity index (χ1n) is 13.8. The molecule has 0 saturated heterocycles. The van der Waals surface area contributed by atoms with Crippen molar-refractivity contribution in [1.82, 2.24) is 0 Å². The van der Waals surface area contributed by atoms with Gasteiger partial charge in [0.25, 0.3) is 10.1 Å². The number of unbranched alkanes of at least 4 members (excludes halogenated alkanes) is 20. The van der Waals surface area contributed by atoms with Crippen LogP contribution in [0.1, 0.15) is 155 Å². The van der Waals surface area contributed by atoms with E-state index in [1.54, 1.807) is 0 Å². The zero-order valence-corrected chi connectivity index (χ0v) is 22.4. The van der Waals surface area contributed by atoms with Crippen molar-refractivity contribution in [2.75, 3.05) is 12.3 Å². The average molecular weight is 482 g/mol. The molecule has 4 nitrogen and oxygen atoms in total. The first-order valence-corrected chi connectivity index (χ1v) is 15.3. The fraction of sp³-hybridized carbons (Fsp3) is 1.00. The Morgan fingerprint density at radius 1 is 0.531 bits per heavy atom. The fourth-order valence-corrected chi connectivity index (χ4v) is 4.40. The molecule has 0 aliphatic rings. The Morgan fingerprint density at radius 3 is 1.09 bits per heavy atom. The fourth-order valence-electron chi connectivity index (χ4n) is 3.78. The zero-order chi connectivity index (χ0) is 24.2. The predicted octanol–water partition coefficient (Wildman–Crippen LogP) is 8.78. The number of hydrogen-bond donors (Lipinski definition) is 1. The summed E-state index contributed by atoms with van der Waals surface area (Å²) in [5.74, 6) is -0.213. The third-order valence-corrected chi connectivity index (χ3v) is 6.88. The van der Waals surface area contributed by atoms with Crippen LogP contribution in [0.5, 0.6) is 0 Å². The molecule has 2 N–H and O–H groups in total. The van der Waals surface area contributed by atoms with Gasteiger partial charge in [0, 0.05) is 0 Å². The van der Waals surface area contributed by atoms with Gasteiger partial charge < -0.3 is 5.73 Å². The minimum absolute atomic E-state index is 0.213. The lowest BCUT2D eigenvalue weighted by atomic mass is 10.0. The van der Waals surface area contributed by atoms with E-state index in [0.29, 0.717) is 6.42 Å². The molecule has 0 heterocycles. The summed E-state index contributed by atoms with van der Waals surface area (Å²) in [7, 11) is -3.88. The summed E-state index contributed by atoms with van der Waals surface area (Å²) in [4.78, 5) is 0. The molecule has 0 radical (unpaired) electrons. The van der Waals surface area contributed by atoms with Crippen molar-refractivity contribution in [1.29, 1.82) is 0 Å². The van der Waals surface area contributed by atoms with Crippen LogP contribution in [0.15, 0.2) is 0 Å². The third-order valence-electron chi connectivity index (χ3n) is 5.90. The van der Waals surface area contributed by atoms with Crippen LogP contribution >= 0.6 is 0 Å². The number of hydrogen-bond acceptors (Lipinski definition) is 4. The Hall–Kier alpha value is -0.200. The van der Waals surface area contributed by atoms with Gasteiger partial charge in [-0.15, -0.1) is 0 Å². The number of rotatable bonds is 24. The van der Waals surface area contributed by atoms with Crippen LogP contribution in [-0.4, -0.2) is 20.7 Å². The molecular weight excluding hydrogens is 425 g/mol. The molecule has 0 aliphatic carbocycles. The van der Waals surface area contributed by atoms with Gasteiger partial charge in [0.1, 0.15) is 0 Å². The standard InChI is InChI=1S/C18H39N.C8H17FO3S/c1-2-3-4-5-6-7-8-9-10-11-12-13-14-15-16-17-18-19;1-2-3-4-5-6-7-8-13(10,11)12-9/h2-19H2,1H3;2-8H2,1H3. The van der Waals surface area contributed by atoms with Crippen molar-refractivity contribution < 1.29 is 17.3 Å². The Labute approximate surface area is 200 Å². The van der Waals surface area contributed by atoms with Gasteiger partial charge in [-0.2, -0.15) is 8.42 Å². The van der Waals surface area contributed by atoms with Crippen LogP contribution in [-0.2, 0) is 14.5 Å². The van der Waals surface area contributed by atoms with Crippen LogP contribution in [0.4, 0.5) is 4.53 Å². The Kier molecular flexibility index (Phi) is 30.6. The van der Waals surface area contributed by atoms with E-state index in [-0.39, 0.29) is 5.75 Å². The van der Waals surface area contributed by atoms with E-state index in [1.807, 2.05) is 0 Å². The van der Waals surface area contributed by atoms with Gasteiger partial charge in [0.2, 0.25) is 0 Å². The number of halogens is 1. The van der Waals surface area contributed by atoms with Gasteiger partial charge in [0.15, 0.2) is 0 Å². The van der Waals surface area contributed by atoms with E-state index in [1.165, 1.54) is 109 Å². The lowest BCUT2D eigenvalue weighted by Gasteiger charge is -2.03. The lowest BCUT2D eigenvalue weighted by Crippen LogP contribution is -2.05. The summed E-state index contributed by atoms with van der Waals surface area (Å²) in [6.45, 7) is 5.28.